The van der Waals surface area contributed by atoms with E-state index in [1.165, 1.54) is 5.56 Å². The highest BCUT2D eigenvalue weighted by molar-refractivity contribution is 5.94. The molecule has 0 bridgehead atoms. The lowest BCUT2D eigenvalue weighted by Gasteiger charge is -2.36. The molecule has 1 aliphatic rings. The summed E-state index contributed by atoms with van der Waals surface area (Å²) in [6.07, 6.45) is 2.20. The van der Waals surface area contributed by atoms with Crippen molar-refractivity contribution < 1.29 is 9.53 Å². The highest BCUT2D eigenvalue weighted by Crippen LogP contribution is 2.20. The van der Waals surface area contributed by atoms with Crippen LogP contribution in [0.2, 0.25) is 0 Å². The Morgan fingerprint density at radius 3 is 2.77 bits per heavy atom. The quantitative estimate of drug-likeness (QED) is 0.822. The van der Waals surface area contributed by atoms with E-state index in [4.69, 9.17) is 4.74 Å². The van der Waals surface area contributed by atoms with E-state index in [0.29, 0.717) is 18.2 Å². The third-order valence-electron chi connectivity index (χ3n) is 4.98. The molecule has 1 aliphatic heterocycles. The number of hydrogen-bond donors (Lipinski definition) is 0. The molecule has 1 unspecified atom stereocenters. The Kier molecular flexibility index (Phi) is 5.94. The van der Waals surface area contributed by atoms with E-state index in [1.54, 1.807) is 0 Å². The second-order valence-electron chi connectivity index (χ2n) is 7.32. The van der Waals surface area contributed by atoms with Crippen LogP contribution in [0.5, 0.6) is 5.75 Å². The lowest BCUT2D eigenvalue weighted by molar-refractivity contribution is 0.0634. The number of piperidine rings is 1. The summed E-state index contributed by atoms with van der Waals surface area (Å²) < 4.78 is 5.91. The fraction of sp³-hybridized carbons (Fsp3) is 0.409. The smallest absolute Gasteiger partial charge is 0.254 e. The third kappa shape index (κ3) is 4.64. The maximum absolute atomic E-state index is 12.9. The molecule has 3 rings (SSSR count). The molecule has 1 atom stereocenters. The van der Waals surface area contributed by atoms with E-state index >= 15 is 0 Å². The van der Waals surface area contributed by atoms with Crippen molar-refractivity contribution >= 4 is 5.91 Å². The van der Waals surface area contributed by atoms with Gasteiger partial charge >= 0.3 is 0 Å². The van der Waals surface area contributed by atoms with Crippen LogP contribution in [0.15, 0.2) is 48.5 Å². The van der Waals surface area contributed by atoms with E-state index in [2.05, 4.69) is 44.1 Å². The third-order valence-corrected chi connectivity index (χ3v) is 4.98. The van der Waals surface area contributed by atoms with E-state index in [9.17, 15) is 4.79 Å². The number of benzene rings is 2. The van der Waals surface area contributed by atoms with Gasteiger partial charge in [0.2, 0.25) is 0 Å². The maximum Gasteiger partial charge on any atom is 0.254 e. The topological polar surface area (TPSA) is 32.8 Å². The largest absolute Gasteiger partial charge is 0.489 e. The molecule has 0 aromatic heterocycles. The molecule has 4 heteroatoms. The van der Waals surface area contributed by atoms with Crippen LogP contribution in [0.4, 0.5) is 0 Å². The Morgan fingerprint density at radius 2 is 2.00 bits per heavy atom. The molecule has 26 heavy (non-hydrogen) atoms. The molecule has 0 saturated carbocycles. The first kappa shape index (κ1) is 18.5. The lowest BCUT2D eigenvalue weighted by Crippen LogP contribution is -2.47. The van der Waals surface area contributed by atoms with Gasteiger partial charge in [-0.1, -0.05) is 35.9 Å². The minimum atomic E-state index is 0.0950. The Hall–Kier alpha value is -2.33. The van der Waals surface area contributed by atoms with Crippen LogP contribution in [-0.2, 0) is 6.61 Å². The summed E-state index contributed by atoms with van der Waals surface area (Å²) in [7, 11) is 4.16. The number of carbonyl (C=O) groups excluding carboxylic acids is 1. The molecule has 1 heterocycles. The minimum absolute atomic E-state index is 0.0950. The van der Waals surface area contributed by atoms with E-state index in [1.807, 2.05) is 35.2 Å². The Morgan fingerprint density at radius 1 is 1.19 bits per heavy atom. The number of likely N-dealkylation sites (tertiary alicyclic amines) is 1. The van der Waals surface area contributed by atoms with Gasteiger partial charge in [-0.2, -0.15) is 0 Å². The van der Waals surface area contributed by atoms with Gasteiger partial charge in [-0.15, -0.1) is 0 Å². The van der Waals surface area contributed by atoms with Crippen LogP contribution in [0.3, 0.4) is 0 Å². The summed E-state index contributed by atoms with van der Waals surface area (Å²) in [6.45, 7) is 4.20. The van der Waals surface area contributed by atoms with Crippen molar-refractivity contribution in [3.63, 3.8) is 0 Å². The zero-order valence-corrected chi connectivity index (χ0v) is 15.9. The van der Waals surface area contributed by atoms with Gasteiger partial charge in [0.05, 0.1) is 0 Å². The summed E-state index contributed by atoms with van der Waals surface area (Å²) in [5.41, 5.74) is 3.05. The second-order valence-corrected chi connectivity index (χ2v) is 7.32. The zero-order valence-electron chi connectivity index (χ0n) is 15.9. The average molecular weight is 352 g/mol. The van der Waals surface area contributed by atoms with Crippen LogP contribution < -0.4 is 4.74 Å². The summed E-state index contributed by atoms with van der Waals surface area (Å²) in [5, 5.41) is 0. The maximum atomic E-state index is 12.9. The predicted octanol–water partition coefficient (Wildman–Crippen LogP) is 3.74. The van der Waals surface area contributed by atoms with Crippen LogP contribution in [0.25, 0.3) is 0 Å². The summed E-state index contributed by atoms with van der Waals surface area (Å²) in [4.78, 5) is 17.1. The molecule has 0 spiro atoms. The van der Waals surface area contributed by atoms with Gasteiger partial charge < -0.3 is 14.5 Å². The van der Waals surface area contributed by atoms with Crippen molar-refractivity contribution in [1.29, 1.82) is 0 Å². The van der Waals surface area contributed by atoms with Gasteiger partial charge in [-0.25, -0.2) is 0 Å². The molecule has 138 valence electrons. The van der Waals surface area contributed by atoms with Gasteiger partial charge in [0.1, 0.15) is 12.4 Å². The molecular weight excluding hydrogens is 324 g/mol. The average Bonchev–Trinajstić information content (AvgIpc) is 2.66. The number of aryl methyl sites for hydroxylation is 1. The fourth-order valence-electron chi connectivity index (χ4n) is 3.43. The normalized spacial score (nSPS) is 17.4. The molecule has 2 aromatic rings. The molecule has 0 radical (unpaired) electrons. The molecule has 0 N–H and O–H groups in total. The van der Waals surface area contributed by atoms with Crippen molar-refractivity contribution in [3.8, 4) is 5.75 Å². The van der Waals surface area contributed by atoms with Crippen molar-refractivity contribution in [3.05, 3.63) is 65.2 Å². The highest BCUT2D eigenvalue weighted by Gasteiger charge is 2.25. The molecule has 4 nitrogen and oxygen atoms in total. The Bertz CT molecular complexity index is 757. The number of carbonyl (C=O) groups is 1. The van der Waals surface area contributed by atoms with Crippen LogP contribution in [-0.4, -0.2) is 48.9 Å². The van der Waals surface area contributed by atoms with Gasteiger partial charge in [0.25, 0.3) is 5.91 Å². The Balaban J connectivity index is 1.65. The first-order valence-electron chi connectivity index (χ1n) is 9.27. The number of nitrogens with zero attached hydrogens (tertiary/aromatic N) is 2. The first-order valence-corrected chi connectivity index (χ1v) is 9.27. The minimum Gasteiger partial charge on any atom is -0.489 e. The second kappa shape index (κ2) is 8.37. The summed E-state index contributed by atoms with van der Waals surface area (Å²) in [6, 6.07) is 16.2. The number of rotatable bonds is 5. The predicted molar refractivity (Wildman–Crippen MR) is 105 cm³/mol. The summed E-state index contributed by atoms with van der Waals surface area (Å²) >= 11 is 0. The highest BCUT2D eigenvalue weighted by atomic mass is 16.5. The van der Waals surface area contributed by atoms with Gasteiger partial charge in [0, 0.05) is 24.7 Å². The molecule has 1 saturated heterocycles. The van der Waals surface area contributed by atoms with Crippen LogP contribution in [0, 0.1) is 6.92 Å². The van der Waals surface area contributed by atoms with Crippen molar-refractivity contribution in [2.45, 2.75) is 32.4 Å². The van der Waals surface area contributed by atoms with Crippen LogP contribution in [0.1, 0.15) is 34.3 Å². The van der Waals surface area contributed by atoms with Gasteiger partial charge in [-0.05, 0) is 57.6 Å². The molecule has 2 aromatic carbocycles. The number of hydrogen-bond acceptors (Lipinski definition) is 3. The van der Waals surface area contributed by atoms with E-state index < -0.39 is 0 Å². The fourth-order valence-corrected chi connectivity index (χ4v) is 3.43. The SMILES string of the molecule is Cc1cccc(COc2cccc(C(=O)N3CCCC(N(C)C)C3)c2)c1. The van der Waals surface area contributed by atoms with Crippen molar-refractivity contribution in [2.75, 3.05) is 27.2 Å². The summed E-state index contributed by atoms with van der Waals surface area (Å²) in [5.74, 6) is 0.830. The molecule has 1 amide bonds. The molecule has 1 fully saturated rings. The Labute approximate surface area is 156 Å². The zero-order chi connectivity index (χ0) is 18.5. The number of likely N-dealkylation sites (N-methyl/N-ethyl adjacent to an activating group) is 1. The van der Waals surface area contributed by atoms with Gasteiger partial charge in [0.15, 0.2) is 0 Å². The van der Waals surface area contributed by atoms with Gasteiger partial charge in [-0.3, -0.25) is 4.79 Å². The lowest BCUT2D eigenvalue weighted by atomic mass is 10.0. The number of ether oxygens (including phenoxy) is 1. The molecule has 0 aliphatic carbocycles. The standard InChI is InChI=1S/C22H28N2O2/c1-17-7-4-8-18(13-17)16-26-21-11-5-9-19(14-21)22(25)24-12-6-10-20(15-24)23(2)3/h4-5,7-9,11,13-14,20H,6,10,12,15-16H2,1-3H3. The monoisotopic (exact) mass is 352 g/mol. The van der Waals surface area contributed by atoms with Crippen molar-refractivity contribution in [1.82, 2.24) is 9.80 Å². The number of amides is 1. The van der Waals surface area contributed by atoms with Crippen LogP contribution >= 0.6 is 0 Å². The van der Waals surface area contributed by atoms with Crippen molar-refractivity contribution in [2.24, 2.45) is 0 Å². The first-order chi connectivity index (χ1) is 12.5. The molecular formula is C22H28N2O2. The van der Waals surface area contributed by atoms with E-state index in [-0.39, 0.29) is 5.91 Å². The van der Waals surface area contributed by atoms with E-state index in [0.717, 1.165) is 37.2 Å².